The molecule has 0 radical (unpaired) electrons. The maximum atomic E-state index is 12.5. The van der Waals surface area contributed by atoms with Crippen LogP contribution in [0.2, 0.25) is 0 Å². The van der Waals surface area contributed by atoms with E-state index in [-0.39, 0.29) is 18.5 Å². The third-order valence-corrected chi connectivity index (χ3v) is 5.49. The molecule has 0 spiro atoms. The van der Waals surface area contributed by atoms with E-state index in [9.17, 15) is 14.4 Å². The second-order valence-electron chi connectivity index (χ2n) is 7.80. The predicted octanol–water partition coefficient (Wildman–Crippen LogP) is 2.90. The van der Waals surface area contributed by atoms with Crippen molar-refractivity contribution < 1.29 is 14.4 Å². The molecule has 0 fully saturated rings. The normalized spacial score (nSPS) is 13.1. The molecule has 1 aliphatic heterocycles. The van der Waals surface area contributed by atoms with Crippen LogP contribution in [-0.2, 0) is 20.8 Å². The molecule has 3 amide bonds. The fraction of sp³-hybridized carbons (Fsp3) is 0.200. The van der Waals surface area contributed by atoms with Crippen LogP contribution in [0.3, 0.4) is 0 Å². The summed E-state index contributed by atoms with van der Waals surface area (Å²) in [7, 11) is 0. The number of fused-ring (bicyclic) bond motifs is 1. The molecule has 168 valence electrons. The van der Waals surface area contributed by atoms with E-state index in [4.69, 9.17) is 0 Å². The lowest BCUT2D eigenvalue weighted by Gasteiger charge is -2.30. The molecule has 4 rings (SSSR count). The highest BCUT2D eigenvalue weighted by Gasteiger charge is 2.28. The molecule has 1 atom stereocenters. The van der Waals surface area contributed by atoms with E-state index in [1.807, 2.05) is 24.3 Å². The minimum Gasteiger partial charge on any atom is -0.362 e. The van der Waals surface area contributed by atoms with E-state index in [2.05, 4.69) is 38.0 Å². The Morgan fingerprint density at radius 1 is 0.939 bits per heavy atom. The number of nitrogens with zero attached hydrogens (tertiary/aromatic N) is 2. The van der Waals surface area contributed by atoms with Crippen LogP contribution in [0.5, 0.6) is 0 Å². The Hall–Kier alpha value is -4.20. The number of hydrogen-bond acceptors (Lipinski definition) is 5. The zero-order valence-corrected chi connectivity index (χ0v) is 18.2. The van der Waals surface area contributed by atoms with E-state index >= 15 is 0 Å². The number of para-hydroxylation sites is 1. The Morgan fingerprint density at radius 3 is 2.36 bits per heavy atom. The van der Waals surface area contributed by atoms with Crippen molar-refractivity contribution in [3.05, 3.63) is 84.2 Å². The fourth-order valence-corrected chi connectivity index (χ4v) is 3.97. The summed E-state index contributed by atoms with van der Waals surface area (Å²) < 4.78 is 0. The largest absolute Gasteiger partial charge is 0.362 e. The van der Waals surface area contributed by atoms with E-state index in [0.717, 1.165) is 24.2 Å². The summed E-state index contributed by atoms with van der Waals surface area (Å²) in [5.41, 5.74) is 4.42. The van der Waals surface area contributed by atoms with Crippen LogP contribution in [-0.4, -0.2) is 35.8 Å². The standard InChI is InChI=1S/C25H25N5O3/c1-17(31)28-20-8-10-21(11-9-20)29-25(33)24(32)27-16-23(19-6-4-13-26-15-19)30-14-12-18-5-2-3-7-22(18)30/h2-11,13,15,23H,12,14,16H2,1H3,(H,27,32)(H,28,31)(H,29,33). The van der Waals surface area contributed by atoms with Crippen LogP contribution >= 0.6 is 0 Å². The second-order valence-corrected chi connectivity index (χ2v) is 7.80. The van der Waals surface area contributed by atoms with Crippen molar-refractivity contribution in [2.45, 2.75) is 19.4 Å². The lowest BCUT2D eigenvalue weighted by molar-refractivity contribution is -0.136. The van der Waals surface area contributed by atoms with Crippen molar-refractivity contribution in [1.29, 1.82) is 0 Å². The van der Waals surface area contributed by atoms with Crippen molar-refractivity contribution in [3.8, 4) is 0 Å². The number of aromatic nitrogens is 1. The number of benzene rings is 2. The molecule has 33 heavy (non-hydrogen) atoms. The third kappa shape index (κ3) is 5.35. The summed E-state index contributed by atoms with van der Waals surface area (Å²) in [6, 6.07) is 18.4. The zero-order valence-electron chi connectivity index (χ0n) is 18.2. The number of carbonyl (C=O) groups is 3. The molecule has 3 aromatic rings. The highest BCUT2D eigenvalue weighted by atomic mass is 16.2. The number of anilines is 3. The van der Waals surface area contributed by atoms with Crippen LogP contribution in [0.4, 0.5) is 17.1 Å². The summed E-state index contributed by atoms with van der Waals surface area (Å²) >= 11 is 0. The Morgan fingerprint density at radius 2 is 1.67 bits per heavy atom. The van der Waals surface area contributed by atoms with Crippen molar-refractivity contribution in [1.82, 2.24) is 10.3 Å². The van der Waals surface area contributed by atoms with E-state index in [1.54, 1.807) is 36.7 Å². The van der Waals surface area contributed by atoms with Gasteiger partial charge in [0.15, 0.2) is 0 Å². The Kier molecular flexibility index (Phi) is 6.64. The zero-order chi connectivity index (χ0) is 23.2. The van der Waals surface area contributed by atoms with E-state index in [1.165, 1.54) is 12.5 Å². The number of amides is 3. The molecule has 1 aliphatic rings. The highest BCUT2D eigenvalue weighted by molar-refractivity contribution is 6.39. The molecular weight excluding hydrogens is 418 g/mol. The van der Waals surface area contributed by atoms with Gasteiger partial charge < -0.3 is 20.9 Å². The summed E-state index contributed by atoms with van der Waals surface area (Å²) in [5, 5.41) is 8.00. The molecule has 3 N–H and O–H groups in total. The van der Waals surface area contributed by atoms with Gasteiger partial charge in [0.05, 0.1) is 6.04 Å². The maximum Gasteiger partial charge on any atom is 0.313 e. The molecule has 2 aromatic carbocycles. The van der Waals surface area contributed by atoms with Crippen LogP contribution in [0.1, 0.15) is 24.1 Å². The number of nitrogens with one attached hydrogen (secondary N) is 3. The first-order chi connectivity index (χ1) is 16.0. The van der Waals surface area contributed by atoms with Crippen molar-refractivity contribution in [3.63, 3.8) is 0 Å². The smallest absolute Gasteiger partial charge is 0.313 e. The summed E-state index contributed by atoms with van der Waals surface area (Å²) in [6.07, 6.45) is 4.42. The number of rotatable bonds is 6. The van der Waals surface area contributed by atoms with Crippen LogP contribution in [0.25, 0.3) is 0 Å². The first-order valence-electron chi connectivity index (χ1n) is 10.7. The molecule has 0 aliphatic carbocycles. The molecule has 8 nitrogen and oxygen atoms in total. The van der Waals surface area contributed by atoms with Gasteiger partial charge >= 0.3 is 11.8 Å². The van der Waals surface area contributed by atoms with E-state index < -0.39 is 11.8 Å². The van der Waals surface area contributed by atoms with Crippen LogP contribution < -0.4 is 20.9 Å². The third-order valence-electron chi connectivity index (χ3n) is 5.49. The van der Waals surface area contributed by atoms with Crippen molar-refractivity contribution in [2.24, 2.45) is 0 Å². The molecule has 1 unspecified atom stereocenters. The van der Waals surface area contributed by atoms with Gasteiger partial charge in [-0.2, -0.15) is 0 Å². The predicted molar refractivity (Wildman–Crippen MR) is 127 cm³/mol. The monoisotopic (exact) mass is 443 g/mol. The highest BCUT2D eigenvalue weighted by Crippen LogP contribution is 2.34. The molecule has 8 heteroatoms. The molecule has 2 heterocycles. The van der Waals surface area contributed by atoms with Gasteiger partial charge in [0.25, 0.3) is 0 Å². The minimum atomic E-state index is -0.756. The van der Waals surface area contributed by atoms with Crippen LogP contribution in [0.15, 0.2) is 73.1 Å². The molecule has 0 bridgehead atoms. The minimum absolute atomic E-state index is 0.156. The lowest BCUT2D eigenvalue weighted by Crippen LogP contribution is -2.41. The quantitative estimate of drug-likeness (QED) is 0.509. The number of pyridine rings is 1. The fourth-order valence-electron chi connectivity index (χ4n) is 3.97. The van der Waals surface area contributed by atoms with Crippen molar-refractivity contribution in [2.75, 3.05) is 28.6 Å². The molecule has 0 saturated carbocycles. The Balaban J connectivity index is 1.42. The molecule has 0 saturated heterocycles. The SMILES string of the molecule is CC(=O)Nc1ccc(NC(=O)C(=O)NCC(c2cccnc2)N2CCc3ccccc32)cc1. The second kappa shape index (κ2) is 9.95. The summed E-state index contributed by atoms with van der Waals surface area (Å²) in [4.78, 5) is 42.6. The van der Waals surface area contributed by atoms with Gasteiger partial charge in [-0.1, -0.05) is 24.3 Å². The summed E-state index contributed by atoms with van der Waals surface area (Å²) in [6.45, 7) is 2.49. The average molecular weight is 444 g/mol. The number of carbonyl (C=O) groups excluding carboxylic acids is 3. The first-order valence-corrected chi connectivity index (χ1v) is 10.7. The number of hydrogen-bond donors (Lipinski definition) is 3. The Bertz CT molecular complexity index is 1150. The van der Waals surface area contributed by atoms with Crippen molar-refractivity contribution >= 4 is 34.8 Å². The summed E-state index contributed by atoms with van der Waals surface area (Å²) in [5.74, 6) is -1.66. The van der Waals surface area contributed by atoms with Gasteiger partial charge in [-0.3, -0.25) is 19.4 Å². The van der Waals surface area contributed by atoms with Gasteiger partial charge in [-0.05, 0) is 53.9 Å². The Labute approximate surface area is 192 Å². The van der Waals surface area contributed by atoms with Gasteiger partial charge in [0, 0.05) is 49.5 Å². The van der Waals surface area contributed by atoms with Gasteiger partial charge in [0.1, 0.15) is 0 Å². The van der Waals surface area contributed by atoms with E-state index in [0.29, 0.717) is 11.4 Å². The maximum absolute atomic E-state index is 12.5. The first kappa shape index (κ1) is 22.0. The lowest BCUT2D eigenvalue weighted by atomic mass is 10.1. The van der Waals surface area contributed by atoms with Gasteiger partial charge in [-0.15, -0.1) is 0 Å². The topological polar surface area (TPSA) is 103 Å². The van der Waals surface area contributed by atoms with Crippen LogP contribution in [0, 0.1) is 0 Å². The van der Waals surface area contributed by atoms with Gasteiger partial charge in [0.2, 0.25) is 5.91 Å². The van der Waals surface area contributed by atoms with Gasteiger partial charge in [-0.25, -0.2) is 0 Å². The molecular formula is C25H25N5O3. The molecule has 1 aromatic heterocycles. The average Bonchev–Trinajstić information content (AvgIpc) is 3.25.